The molecule has 4 nitrogen and oxygen atoms in total. The molecule has 1 amide bonds. The van der Waals surface area contributed by atoms with Crippen LogP contribution in [-0.4, -0.2) is 5.91 Å². The van der Waals surface area contributed by atoms with Crippen LogP contribution in [0.15, 0.2) is 72.8 Å². The van der Waals surface area contributed by atoms with Gasteiger partial charge in [0.05, 0.1) is 0 Å². The molecule has 1 aliphatic carbocycles. The van der Waals surface area contributed by atoms with Gasteiger partial charge in [-0.2, -0.15) is 0 Å². The van der Waals surface area contributed by atoms with E-state index in [0.29, 0.717) is 6.61 Å². The number of rotatable bonds is 8. The van der Waals surface area contributed by atoms with Crippen molar-refractivity contribution >= 4 is 11.6 Å². The minimum atomic E-state index is 0.121. The summed E-state index contributed by atoms with van der Waals surface area (Å²) in [5.74, 6) is 2.62. The molecule has 0 saturated heterocycles. The second-order valence-electron chi connectivity index (χ2n) is 7.32. The molecule has 0 spiro atoms. The fourth-order valence-electron chi connectivity index (χ4n) is 3.00. The number of benzene rings is 3. The van der Waals surface area contributed by atoms with Gasteiger partial charge in [0.15, 0.2) is 0 Å². The second-order valence-corrected chi connectivity index (χ2v) is 7.32. The van der Waals surface area contributed by atoms with E-state index in [1.807, 2.05) is 60.7 Å². The predicted octanol–water partition coefficient (Wildman–Crippen LogP) is 5.97. The SMILES string of the molecule is CCc1ccc(Oc2cccc(OCc3ccc(NC(=O)C4CC4)cc3)c2)cc1. The average molecular weight is 387 g/mol. The van der Waals surface area contributed by atoms with Crippen molar-refractivity contribution in [2.75, 3.05) is 5.32 Å². The van der Waals surface area contributed by atoms with Crippen molar-refractivity contribution in [3.8, 4) is 17.2 Å². The number of anilines is 1. The fraction of sp³-hybridized carbons (Fsp3) is 0.240. The van der Waals surface area contributed by atoms with Crippen molar-refractivity contribution in [1.29, 1.82) is 0 Å². The van der Waals surface area contributed by atoms with E-state index in [2.05, 4.69) is 24.4 Å². The minimum Gasteiger partial charge on any atom is -0.489 e. The Morgan fingerprint density at radius 2 is 1.59 bits per heavy atom. The highest BCUT2D eigenvalue weighted by atomic mass is 16.5. The number of amides is 1. The van der Waals surface area contributed by atoms with E-state index in [-0.39, 0.29) is 11.8 Å². The van der Waals surface area contributed by atoms with Crippen LogP contribution in [0.5, 0.6) is 17.2 Å². The summed E-state index contributed by atoms with van der Waals surface area (Å²) in [6.07, 6.45) is 3.02. The van der Waals surface area contributed by atoms with Gasteiger partial charge in [0.25, 0.3) is 0 Å². The molecule has 3 aromatic carbocycles. The fourth-order valence-corrected chi connectivity index (χ4v) is 3.00. The van der Waals surface area contributed by atoms with Gasteiger partial charge in [-0.15, -0.1) is 0 Å². The molecular weight excluding hydrogens is 362 g/mol. The summed E-state index contributed by atoms with van der Waals surface area (Å²) in [5.41, 5.74) is 3.15. The molecule has 4 heteroatoms. The van der Waals surface area contributed by atoms with Crippen molar-refractivity contribution in [3.63, 3.8) is 0 Å². The van der Waals surface area contributed by atoms with Crippen LogP contribution in [0.25, 0.3) is 0 Å². The van der Waals surface area contributed by atoms with Crippen molar-refractivity contribution < 1.29 is 14.3 Å². The smallest absolute Gasteiger partial charge is 0.227 e. The molecule has 1 N–H and O–H groups in total. The Labute approximate surface area is 171 Å². The first-order valence-electron chi connectivity index (χ1n) is 10.1. The Hall–Kier alpha value is -3.27. The topological polar surface area (TPSA) is 47.6 Å². The van der Waals surface area contributed by atoms with E-state index in [1.165, 1.54) is 5.56 Å². The van der Waals surface area contributed by atoms with E-state index in [4.69, 9.17) is 9.47 Å². The summed E-state index contributed by atoms with van der Waals surface area (Å²) in [4.78, 5) is 11.8. The summed E-state index contributed by atoms with van der Waals surface area (Å²) in [6.45, 7) is 2.58. The molecule has 0 bridgehead atoms. The molecule has 4 rings (SSSR count). The molecule has 1 aliphatic rings. The summed E-state index contributed by atoms with van der Waals surface area (Å²) >= 11 is 0. The quantitative estimate of drug-likeness (QED) is 0.518. The molecule has 148 valence electrons. The largest absolute Gasteiger partial charge is 0.489 e. The first kappa shape index (κ1) is 19.1. The van der Waals surface area contributed by atoms with Gasteiger partial charge in [-0.3, -0.25) is 4.79 Å². The van der Waals surface area contributed by atoms with Crippen molar-refractivity contribution in [3.05, 3.63) is 83.9 Å². The minimum absolute atomic E-state index is 0.121. The van der Waals surface area contributed by atoms with Crippen LogP contribution in [0.4, 0.5) is 5.69 Å². The Kier molecular flexibility index (Phi) is 5.80. The van der Waals surface area contributed by atoms with Crippen LogP contribution in [0.2, 0.25) is 0 Å². The molecule has 3 aromatic rings. The molecule has 0 aromatic heterocycles. The van der Waals surface area contributed by atoms with E-state index >= 15 is 0 Å². The number of hydrogen-bond acceptors (Lipinski definition) is 3. The predicted molar refractivity (Wildman–Crippen MR) is 114 cm³/mol. The molecule has 0 heterocycles. The maximum Gasteiger partial charge on any atom is 0.227 e. The highest BCUT2D eigenvalue weighted by Gasteiger charge is 2.29. The zero-order chi connectivity index (χ0) is 20.1. The van der Waals surface area contributed by atoms with Crippen molar-refractivity contribution in [1.82, 2.24) is 0 Å². The summed E-state index contributed by atoms with van der Waals surface area (Å²) in [6, 6.07) is 23.5. The maximum absolute atomic E-state index is 11.8. The van der Waals surface area contributed by atoms with E-state index in [9.17, 15) is 4.79 Å². The Morgan fingerprint density at radius 3 is 2.28 bits per heavy atom. The number of carbonyl (C=O) groups excluding carboxylic acids is 1. The van der Waals surface area contributed by atoms with Gasteiger partial charge in [0, 0.05) is 17.7 Å². The molecule has 0 aliphatic heterocycles. The van der Waals surface area contributed by atoms with Gasteiger partial charge in [0.1, 0.15) is 23.9 Å². The number of aryl methyl sites for hydroxylation is 1. The van der Waals surface area contributed by atoms with Crippen LogP contribution in [0.3, 0.4) is 0 Å². The summed E-state index contributed by atoms with van der Waals surface area (Å²) < 4.78 is 11.8. The van der Waals surface area contributed by atoms with Crippen LogP contribution in [-0.2, 0) is 17.8 Å². The Balaban J connectivity index is 1.32. The molecule has 0 atom stereocenters. The van der Waals surface area contributed by atoms with Crippen LogP contribution in [0.1, 0.15) is 30.9 Å². The van der Waals surface area contributed by atoms with E-state index in [0.717, 1.165) is 47.8 Å². The molecule has 1 saturated carbocycles. The van der Waals surface area contributed by atoms with Gasteiger partial charge in [0.2, 0.25) is 5.91 Å². The third-order valence-electron chi connectivity index (χ3n) is 4.95. The lowest BCUT2D eigenvalue weighted by molar-refractivity contribution is -0.117. The summed E-state index contributed by atoms with van der Waals surface area (Å²) in [7, 11) is 0. The van der Waals surface area contributed by atoms with Crippen molar-refractivity contribution in [2.45, 2.75) is 32.8 Å². The monoisotopic (exact) mass is 387 g/mol. The zero-order valence-corrected chi connectivity index (χ0v) is 16.6. The third kappa shape index (κ3) is 5.38. The van der Waals surface area contributed by atoms with Crippen LogP contribution < -0.4 is 14.8 Å². The van der Waals surface area contributed by atoms with Gasteiger partial charge in [-0.25, -0.2) is 0 Å². The molecule has 0 unspecified atom stereocenters. The van der Waals surface area contributed by atoms with Gasteiger partial charge >= 0.3 is 0 Å². The van der Waals surface area contributed by atoms with E-state index < -0.39 is 0 Å². The first-order valence-corrected chi connectivity index (χ1v) is 10.1. The average Bonchev–Trinajstić information content (AvgIpc) is 3.60. The number of nitrogens with one attached hydrogen (secondary N) is 1. The highest BCUT2D eigenvalue weighted by molar-refractivity contribution is 5.93. The highest BCUT2D eigenvalue weighted by Crippen LogP contribution is 2.30. The van der Waals surface area contributed by atoms with Crippen LogP contribution >= 0.6 is 0 Å². The van der Waals surface area contributed by atoms with E-state index in [1.54, 1.807) is 0 Å². The zero-order valence-electron chi connectivity index (χ0n) is 16.6. The Bertz CT molecular complexity index is 960. The number of hydrogen-bond donors (Lipinski definition) is 1. The molecular formula is C25H25NO3. The first-order chi connectivity index (χ1) is 14.2. The molecule has 0 radical (unpaired) electrons. The maximum atomic E-state index is 11.8. The van der Waals surface area contributed by atoms with Crippen molar-refractivity contribution in [2.24, 2.45) is 5.92 Å². The normalized spacial score (nSPS) is 13.0. The lowest BCUT2D eigenvalue weighted by Crippen LogP contribution is -2.13. The van der Waals surface area contributed by atoms with Gasteiger partial charge in [-0.05, 0) is 66.8 Å². The molecule has 1 fully saturated rings. The summed E-state index contributed by atoms with van der Waals surface area (Å²) in [5, 5.41) is 2.95. The standard InChI is InChI=1S/C25H25NO3/c1-2-18-8-14-22(15-9-18)29-24-5-3-4-23(16-24)28-17-19-6-12-21(13-7-19)26-25(27)20-10-11-20/h3-9,12-16,20H,2,10-11,17H2,1H3,(H,26,27). The third-order valence-corrected chi connectivity index (χ3v) is 4.95. The van der Waals surface area contributed by atoms with Crippen LogP contribution in [0, 0.1) is 5.92 Å². The second kappa shape index (κ2) is 8.82. The van der Waals surface area contributed by atoms with Gasteiger partial charge in [-0.1, -0.05) is 37.3 Å². The lowest BCUT2D eigenvalue weighted by Gasteiger charge is -2.10. The molecule has 29 heavy (non-hydrogen) atoms. The number of ether oxygens (including phenoxy) is 2. The Morgan fingerprint density at radius 1 is 0.897 bits per heavy atom. The van der Waals surface area contributed by atoms with Gasteiger partial charge < -0.3 is 14.8 Å². The lowest BCUT2D eigenvalue weighted by atomic mass is 10.2. The number of carbonyl (C=O) groups is 1.